The SMILES string of the molecule is Clc1ccc2c(c1)[C@@H](Cl)c1ccccc1C=C2. The lowest BCUT2D eigenvalue weighted by atomic mass is 9.99. The first-order valence-electron chi connectivity index (χ1n) is 5.46. The molecule has 0 bridgehead atoms. The molecule has 2 aromatic rings. The van der Waals surface area contributed by atoms with Crippen LogP contribution in [0, 0.1) is 0 Å². The quantitative estimate of drug-likeness (QED) is 0.575. The highest BCUT2D eigenvalue weighted by molar-refractivity contribution is 6.31. The van der Waals surface area contributed by atoms with E-state index in [2.05, 4.69) is 24.3 Å². The Balaban J connectivity index is 2.25. The Bertz CT molecular complexity index is 600. The molecule has 17 heavy (non-hydrogen) atoms. The van der Waals surface area contributed by atoms with Crippen LogP contribution < -0.4 is 0 Å². The molecule has 84 valence electrons. The molecule has 3 rings (SSSR count). The first kappa shape index (κ1) is 10.9. The summed E-state index contributed by atoms with van der Waals surface area (Å²) in [5.74, 6) is 0. The van der Waals surface area contributed by atoms with Gasteiger partial charge in [0, 0.05) is 5.02 Å². The minimum atomic E-state index is -0.144. The Morgan fingerprint density at radius 3 is 2.35 bits per heavy atom. The summed E-state index contributed by atoms with van der Waals surface area (Å²) in [4.78, 5) is 0. The molecule has 2 heteroatoms. The van der Waals surface area contributed by atoms with Crippen LogP contribution in [-0.2, 0) is 0 Å². The predicted molar refractivity (Wildman–Crippen MR) is 74.5 cm³/mol. The molecule has 1 atom stereocenters. The molecule has 0 fully saturated rings. The maximum absolute atomic E-state index is 6.56. The fourth-order valence-corrected chi connectivity index (χ4v) is 2.73. The Morgan fingerprint density at radius 2 is 1.53 bits per heavy atom. The van der Waals surface area contributed by atoms with Gasteiger partial charge < -0.3 is 0 Å². The van der Waals surface area contributed by atoms with E-state index < -0.39 is 0 Å². The number of rotatable bonds is 0. The maximum atomic E-state index is 6.56. The molecule has 1 aliphatic carbocycles. The zero-order valence-electron chi connectivity index (χ0n) is 9.03. The Labute approximate surface area is 110 Å². The molecular formula is C15H10Cl2. The lowest BCUT2D eigenvalue weighted by molar-refractivity contribution is 1.13. The van der Waals surface area contributed by atoms with Crippen LogP contribution in [0.15, 0.2) is 42.5 Å². The van der Waals surface area contributed by atoms with Crippen molar-refractivity contribution in [2.24, 2.45) is 0 Å². The maximum Gasteiger partial charge on any atom is 0.0847 e. The van der Waals surface area contributed by atoms with E-state index in [4.69, 9.17) is 23.2 Å². The molecule has 0 nitrogen and oxygen atoms in total. The minimum absolute atomic E-state index is 0.144. The van der Waals surface area contributed by atoms with Crippen molar-refractivity contribution < 1.29 is 0 Å². The topological polar surface area (TPSA) is 0 Å². The summed E-state index contributed by atoms with van der Waals surface area (Å²) in [6.45, 7) is 0. The largest absolute Gasteiger partial charge is 0.113 e. The van der Waals surface area contributed by atoms with Crippen molar-refractivity contribution in [3.63, 3.8) is 0 Å². The molecule has 0 radical (unpaired) electrons. The van der Waals surface area contributed by atoms with E-state index in [0.29, 0.717) is 0 Å². The fourth-order valence-electron chi connectivity index (χ4n) is 2.16. The van der Waals surface area contributed by atoms with Gasteiger partial charge in [0.05, 0.1) is 5.38 Å². The molecule has 0 saturated heterocycles. The van der Waals surface area contributed by atoms with Crippen LogP contribution in [-0.4, -0.2) is 0 Å². The van der Waals surface area contributed by atoms with Crippen LogP contribution >= 0.6 is 23.2 Å². The highest BCUT2D eigenvalue weighted by Crippen LogP contribution is 2.38. The van der Waals surface area contributed by atoms with E-state index in [-0.39, 0.29) is 5.38 Å². The molecule has 0 amide bonds. The van der Waals surface area contributed by atoms with Crippen molar-refractivity contribution in [2.45, 2.75) is 5.38 Å². The van der Waals surface area contributed by atoms with Crippen molar-refractivity contribution in [1.29, 1.82) is 0 Å². The van der Waals surface area contributed by atoms with Crippen LogP contribution in [0.5, 0.6) is 0 Å². The van der Waals surface area contributed by atoms with Gasteiger partial charge in [-0.15, -0.1) is 11.6 Å². The summed E-state index contributed by atoms with van der Waals surface area (Å²) in [6, 6.07) is 14.0. The molecule has 2 aromatic carbocycles. The van der Waals surface area contributed by atoms with E-state index in [1.165, 1.54) is 5.56 Å². The third kappa shape index (κ3) is 1.88. The van der Waals surface area contributed by atoms with Crippen LogP contribution in [0.1, 0.15) is 27.6 Å². The minimum Gasteiger partial charge on any atom is -0.113 e. The standard InChI is InChI=1S/C15H10Cl2/c16-12-8-7-11-6-5-10-3-1-2-4-13(10)15(17)14(11)9-12/h1-9,15H/t15-/m0/s1. The summed E-state index contributed by atoms with van der Waals surface area (Å²) in [5.41, 5.74) is 4.50. The number of hydrogen-bond acceptors (Lipinski definition) is 0. The van der Waals surface area contributed by atoms with Crippen LogP contribution in [0.25, 0.3) is 12.2 Å². The van der Waals surface area contributed by atoms with Gasteiger partial charge in [0.1, 0.15) is 0 Å². The molecule has 0 unspecified atom stereocenters. The summed E-state index contributed by atoms with van der Waals surface area (Å²) in [6.07, 6.45) is 4.19. The highest BCUT2D eigenvalue weighted by atomic mass is 35.5. The summed E-state index contributed by atoms with van der Waals surface area (Å²) in [7, 11) is 0. The van der Waals surface area contributed by atoms with Crippen molar-refractivity contribution >= 4 is 35.4 Å². The van der Waals surface area contributed by atoms with E-state index in [0.717, 1.165) is 21.7 Å². The molecule has 1 aliphatic rings. The highest BCUT2D eigenvalue weighted by Gasteiger charge is 2.18. The van der Waals surface area contributed by atoms with Crippen molar-refractivity contribution in [3.05, 3.63) is 69.7 Å². The predicted octanol–water partition coefficient (Wildman–Crippen LogP) is 5.15. The Kier molecular flexibility index (Phi) is 2.70. The summed E-state index contributed by atoms with van der Waals surface area (Å²) < 4.78 is 0. The molecule has 0 aromatic heterocycles. The fraction of sp³-hybridized carbons (Fsp3) is 0.0667. The average molecular weight is 261 g/mol. The lowest BCUT2D eigenvalue weighted by Crippen LogP contribution is -1.96. The molecule has 0 saturated carbocycles. The first-order valence-corrected chi connectivity index (χ1v) is 6.28. The third-order valence-corrected chi connectivity index (χ3v) is 3.74. The Hall–Kier alpha value is -1.24. The van der Waals surface area contributed by atoms with Gasteiger partial charge in [-0.25, -0.2) is 0 Å². The second-order valence-electron chi connectivity index (χ2n) is 4.10. The van der Waals surface area contributed by atoms with Gasteiger partial charge in [-0.2, -0.15) is 0 Å². The van der Waals surface area contributed by atoms with Gasteiger partial charge in [-0.3, -0.25) is 0 Å². The summed E-state index contributed by atoms with van der Waals surface area (Å²) in [5, 5.41) is 0.581. The number of fused-ring (bicyclic) bond motifs is 2. The summed E-state index contributed by atoms with van der Waals surface area (Å²) >= 11 is 12.6. The number of benzene rings is 2. The zero-order valence-corrected chi connectivity index (χ0v) is 10.5. The number of alkyl halides is 1. The van der Waals surface area contributed by atoms with Gasteiger partial charge in [-0.05, 0) is 34.4 Å². The van der Waals surface area contributed by atoms with Crippen molar-refractivity contribution in [2.75, 3.05) is 0 Å². The number of halogens is 2. The molecule has 0 aliphatic heterocycles. The van der Waals surface area contributed by atoms with E-state index in [9.17, 15) is 0 Å². The first-order chi connectivity index (χ1) is 8.25. The van der Waals surface area contributed by atoms with Crippen molar-refractivity contribution in [1.82, 2.24) is 0 Å². The smallest absolute Gasteiger partial charge is 0.0847 e. The normalized spacial score (nSPS) is 17.2. The monoisotopic (exact) mass is 260 g/mol. The van der Waals surface area contributed by atoms with Gasteiger partial charge in [0.2, 0.25) is 0 Å². The van der Waals surface area contributed by atoms with Gasteiger partial charge in [0.25, 0.3) is 0 Å². The molecule has 0 heterocycles. The zero-order chi connectivity index (χ0) is 11.8. The molecular weight excluding hydrogens is 251 g/mol. The lowest BCUT2D eigenvalue weighted by Gasteiger charge is -2.13. The average Bonchev–Trinajstić information content (AvgIpc) is 2.49. The third-order valence-electron chi connectivity index (χ3n) is 3.03. The van der Waals surface area contributed by atoms with E-state index in [1.807, 2.05) is 30.3 Å². The van der Waals surface area contributed by atoms with Crippen LogP contribution in [0.2, 0.25) is 5.02 Å². The van der Waals surface area contributed by atoms with E-state index >= 15 is 0 Å². The van der Waals surface area contributed by atoms with Gasteiger partial charge >= 0.3 is 0 Å². The van der Waals surface area contributed by atoms with Crippen LogP contribution in [0.4, 0.5) is 0 Å². The van der Waals surface area contributed by atoms with Gasteiger partial charge in [-0.1, -0.05) is 54.1 Å². The van der Waals surface area contributed by atoms with Crippen LogP contribution in [0.3, 0.4) is 0 Å². The second kappa shape index (κ2) is 4.21. The second-order valence-corrected chi connectivity index (χ2v) is 4.97. The Morgan fingerprint density at radius 1 is 0.824 bits per heavy atom. The van der Waals surface area contributed by atoms with Crippen molar-refractivity contribution in [3.8, 4) is 0 Å². The van der Waals surface area contributed by atoms with Gasteiger partial charge in [0.15, 0.2) is 0 Å². The molecule has 0 spiro atoms. The molecule has 0 N–H and O–H groups in total. The number of hydrogen-bond donors (Lipinski definition) is 0. The van der Waals surface area contributed by atoms with E-state index in [1.54, 1.807) is 0 Å².